The van der Waals surface area contributed by atoms with Crippen molar-refractivity contribution in [3.8, 4) is 0 Å². The van der Waals surface area contributed by atoms with Crippen LogP contribution in [0, 0.1) is 11.6 Å². The van der Waals surface area contributed by atoms with Crippen LogP contribution in [0.4, 0.5) is 13.6 Å². The Hall–Kier alpha value is -2.47. The van der Waals surface area contributed by atoms with Crippen LogP contribution < -0.4 is 10.6 Å². The predicted molar refractivity (Wildman–Crippen MR) is 85.3 cm³/mol. The molecule has 1 aliphatic rings. The zero-order valence-electron chi connectivity index (χ0n) is 13.1. The average molecular weight is 332 g/mol. The zero-order chi connectivity index (χ0) is 17.3. The minimum Gasteiger partial charge on any atom is -0.390 e. The van der Waals surface area contributed by atoms with Crippen molar-refractivity contribution in [3.63, 3.8) is 0 Å². The van der Waals surface area contributed by atoms with Crippen LogP contribution in [0.3, 0.4) is 0 Å². The Morgan fingerprint density at radius 3 is 2.75 bits per heavy atom. The summed E-state index contributed by atoms with van der Waals surface area (Å²) < 4.78 is 27.1. The highest BCUT2D eigenvalue weighted by molar-refractivity contribution is 5.75. The maximum Gasteiger partial charge on any atom is 0.315 e. The van der Waals surface area contributed by atoms with Gasteiger partial charge in [0.15, 0.2) is 11.6 Å². The van der Waals surface area contributed by atoms with Gasteiger partial charge in [-0.3, -0.25) is 0 Å². The van der Waals surface area contributed by atoms with E-state index < -0.39 is 35.9 Å². The fourth-order valence-corrected chi connectivity index (χ4v) is 3.06. The number of fused-ring (bicyclic) bond motifs is 1. The third kappa shape index (κ3) is 3.10. The smallest absolute Gasteiger partial charge is 0.315 e. The number of aliphatic hydroxyl groups is 1. The molecule has 3 atom stereocenters. The first-order chi connectivity index (χ1) is 11.5. The molecule has 0 bridgehead atoms. The predicted octanol–water partition coefficient (Wildman–Crippen LogP) is 2.98. The van der Waals surface area contributed by atoms with Crippen molar-refractivity contribution in [2.75, 3.05) is 0 Å². The number of nitrogens with one attached hydrogen (secondary N) is 2. The molecule has 126 valence electrons. The Bertz CT molecular complexity index is 766. The first-order valence-corrected chi connectivity index (χ1v) is 7.74. The van der Waals surface area contributed by atoms with E-state index in [1.165, 1.54) is 12.1 Å². The molecule has 0 fully saturated rings. The maximum absolute atomic E-state index is 13.8. The number of carbonyl (C=O) groups excluding carboxylic acids is 1. The fourth-order valence-electron chi connectivity index (χ4n) is 3.06. The van der Waals surface area contributed by atoms with Gasteiger partial charge < -0.3 is 15.7 Å². The van der Waals surface area contributed by atoms with E-state index in [4.69, 9.17) is 0 Å². The third-order valence-corrected chi connectivity index (χ3v) is 4.29. The normalized spacial score (nSPS) is 20.3. The molecule has 6 heteroatoms. The third-order valence-electron chi connectivity index (χ3n) is 4.29. The van der Waals surface area contributed by atoms with Crippen LogP contribution in [0.5, 0.6) is 0 Å². The van der Waals surface area contributed by atoms with Gasteiger partial charge in [0.05, 0.1) is 18.2 Å². The van der Waals surface area contributed by atoms with E-state index in [0.717, 1.165) is 17.2 Å². The summed E-state index contributed by atoms with van der Waals surface area (Å²) in [5.41, 5.74) is 1.92. The van der Waals surface area contributed by atoms with E-state index in [9.17, 15) is 18.7 Å². The molecule has 0 aliphatic heterocycles. The Kier molecular flexibility index (Phi) is 4.49. The van der Waals surface area contributed by atoms with Crippen LogP contribution in [0.15, 0.2) is 42.5 Å². The van der Waals surface area contributed by atoms with Crippen molar-refractivity contribution in [1.29, 1.82) is 0 Å². The number of benzene rings is 2. The van der Waals surface area contributed by atoms with Crippen molar-refractivity contribution >= 4 is 6.03 Å². The van der Waals surface area contributed by atoms with E-state index >= 15 is 0 Å². The second-order valence-electron chi connectivity index (χ2n) is 5.93. The highest BCUT2D eigenvalue weighted by Crippen LogP contribution is 2.31. The summed E-state index contributed by atoms with van der Waals surface area (Å²) in [6, 6.07) is 9.53. The van der Waals surface area contributed by atoms with Crippen LogP contribution in [0.1, 0.15) is 35.7 Å². The second kappa shape index (κ2) is 6.57. The van der Waals surface area contributed by atoms with Gasteiger partial charge in [0, 0.05) is 12.0 Å². The number of amides is 2. The number of rotatable bonds is 3. The monoisotopic (exact) mass is 332 g/mol. The van der Waals surface area contributed by atoms with Gasteiger partial charge >= 0.3 is 6.03 Å². The van der Waals surface area contributed by atoms with E-state index in [-0.39, 0.29) is 5.56 Å². The lowest BCUT2D eigenvalue weighted by atomic mass is 10.1. The molecule has 1 aliphatic carbocycles. The van der Waals surface area contributed by atoms with E-state index in [2.05, 4.69) is 10.6 Å². The van der Waals surface area contributed by atoms with E-state index in [0.29, 0.717) is 6.42 Å². The van der Waals surface area contributed by atoms with Gasteiger partial charge in [0.25, 0.3) is 0 Å². The summed E-state index contributed by atoms with van der Waals surface area (Å²) in [5, 5.41) is 15.4. The second-order valence-corrected chi connectivity index (χ2v) is 5.93. The summed E-state index contributed by atoms with van der Waals surface area (Å²) in [6.07, 6.45) is -0.246. The molecule has 2 aromatic rings. The molecule has 2 amide bonds. The molecule has 0 aromatic heterocycles. The number of aliphatic hydroxyl groups excluding tert-OH is 1. The number of carbonyl (C=O) groups is 1. The molecule has 0 saturated carbocycles. The van der Waals surface area contributed by atoms with Crippen molar-refractivity contribution < 1.29 is 18.7 Å². The lowest BCUT2D eigenvalue weighted by Gasteiger charge is -2.21. The number of urea groups is 1. The summed E-state index contributed by atoms with van der Waals surface area (Å²) in [5.74, 6) is -1.93. The Morgan fingerprint density at radius 2 is 1.96 bits per heavy atom. The number of hydrogen-bond acceptors (Lipinski definition) is 2. The molecule has 4 nitrogen and oxygen atoms in total. The molecule has 0 heterocycles. The maximum atomic E-state index is 13.8. The lowest BCUT2D eigenvalue weighted by Crippen LogP contribution is -2.42. The van der Waals surface area contributed by atoms with Crippen LogP contribution in [-0.4, -0.2) is 17.2 Å². The molecule has 3 rings (SSSR count). The summed E-state index contributed by atoms with van der Waals surface area (Å²) in [7, 11) is 0. The van der Waals surface area contributed by atoms with Gasteiger partial charge in [-0.25, -0.2) is 13.6 Å². The highest BCUT2D eigenvalue weighted by Gasteiger charge is 2.32. The van der Waals surface area contributed by atoms with Crippen molar-refractivity contribution in [2.45, 2.75) is 31.5 Å². The van der Waals surface area contributed by atoms with Crippen LogP contribution >= 0.6 is 0 Å². The largest absolute Gasteiger partial charge is 0.390 e. The Morgan fingerprint density at radius 1 is 1.21 bits per heavy atom. The van der Waals surface area contributed by atoms with Gasteiger partial charge in [-0.1, -0.05) is 36.4 Å². The summed E-state index contributed by atoms with van der Waals surface area (Å²) in [4.78, 5) is 12.2. The minimum absolute atomic E-state index is 0.0671. The lowest BCUT2D eigenvalue weighted by molar-refractivity contribution is 0.142. The molecular weight excluding hydrogens is 314 g/mol. The molecule has 0 radical (unpaired) electrons. The molecule has 24 heavy (non-hydrogen) atoms. The van der Waals surface area contributed by atoms with Crippen molar-refractivity contribution in [2.24, 2.45) is 0 Å². The van der Waals surface area contributed by atoms with Gasteiger partial charge in [-0.2, -0.15) is 0 Å². The summed E-state index contributed by atoms with van der Waals surface area (Å²) >= 11 is 0. The van der Waals surface area contributed by atoms with Crippen LogP contribution in [0.25, 0.3) is 0 Å². The molecule has 2 aromatic carbocycles. The fraction of sp³-hybridized carbons (Fsp3) is 0.278. The topological polar surface area (TPSA) is 61.4 Å². The van der Waals surface area contributed by atoms with Crippen LogP contribution in [0.2, 0.25) is 0 Å². The van der Waals surface area contributed by atoms with Gasteiger partial charge in [0.2, 0.25) is 0 Å². The van der Waals surface area contributed by atoms with Gasteiger partial charge in [-0.15, -0.1) is 0 Å². The van der Waals surface area contributed by atoms with Crippen molar-refractivity contribution in [3.05, 3.63) is 70.8 Å². The van der Waals surface area contributed by atoms with E-state index in [1.807, 2.05) is 24.3 Å². The first-order valence-electron chi connectivity index (χ1n) is 7.74. The van der Waals surface area contributed by atoms with Crippen molar-refractivity contribution in [1.82, 2.24) is 10.6 Å². The van der Waals surface area contributed by atoms with Crippen LogP contribution in [-0.2, 0) is 6.42 Å². The molecule has 3 unspecified atom stereocenters. The molecule has 0 spiro atoms. The SMILES string of the molecule is CC(NC(=O)NC1c2ccccc2CC1O)c1cccc(F)c1F. The first kappa shape index (κ1) is 16.4. The minimum atomic E-state index is -0.975. The van der Waals surface area contributed by atoms with E-state index in [1.54, 1.807) is 6.92 Å². The Balaban J connectivity index is 1.69. The summed E-state index contributed by atoms with van der Waals surface area (Å²) in [6.45, 7) is 1.57. The Labute approximate surface area is 138 Å². The van der Waals surface area contributed by atoms with Gasteiger partial charge in [-0.05, 0) is 24.1 Å². The standard InChI is InChI=1S/C18H18F2N2O2/c1-10(12-7-4-8-14(19)16(12)20)21-18(24)22-17-13-6-3-2-5-11(13)9-15(17)23/h2-8,10,15,17,23H,9H2,1H3,(H2,21,22,24). The zero-order valence-corrected chi connectivity index (χ0v) is 13.1. The average Bonchev–Trinajstić information content (AvgIpc) is 2.86. The molecular formula is C18H18F2N2O2. The highest BCUT2D eigenvalue weighted by atomic mass is 19.2. The quantitative estimate of drug-likeness (QED) is 0.809. The number of hydrogen-bond donors (Lipinski definition) is 3. The van der Waals surface area contributed by atoms with Gasteiger partial charge in [0.1, 0.15) is 0 Å². The molecule has 3 N–H and O–H groups in total. The number of halogens is 2. The molecule has 0 saturated heterocycles.